The van der Waals surface area contributed by atoms with Crippen molar-refractivity contribution in [3.8, 4) is 11.1 Å². The van der Waals surface area contributed by atoms with E-state index in [-0.39, 0.29) is 11.7 Å². The Kier molecular flexibility index (Phi) is 3.77. The van der Waals surface area contributed by atoms with Gasteiger partial charge in [-0.1, -0.05) is 42.5 Å². The lowest BCUT2D eigenvalue weighted by atomic mass is 9.94. The summed E-state index contributed by atoms with van der Waals surface area (Å²) in [6.07, 6.45) is 7.62. The van der Waals surface area contributed by atoms with Crippen LogP contribution in [0.4, 0.5) is 0 Å². The van der Waals surface area contributed by atoms with Crippen molar-refractivity contribution in [1.29, 1.82) is 0 Å². The molecule has 0 saturated heterocycles. The smallest absolute Gasteiger partial charge is 0.251 e. The van der Waals surface area contributed by atoms with Crippen molar-refractivity contribution in [2.45, 2.75) is 19.3 Å². The average molecular weight is 317 g/mol. The van der Waals surface area contributed by atoms with Gasteiger partial charge in [-0.2, -0.15) is 0 Å². The molecule has 1 atom stereocenters. The first-order valence-corrected chi connectivity index (χ1v) is 8.45. The second-order valence-corrected chi connectivity index (χ2v) is 6.50. The highest BCUT2D eigenvalue weighted by molar-refractivity contribution is 6.22. The number of carbonyl (C=O) groups is 2. The maximum Gasteiger partial charge on any atom is 0.251 e. The van der Waals surface area contributed by atoms with Gasteiger partial charge in [0.1, 0.15) is 0 Å². The summed E-state index contributed by atoms with van der Waals surface area (Å²) in [6, 6.07) is 13.0. The van der Waals surface area contributed by atoms with Gasteiger partial charge < -0.3 is 5.32 Å². The normalized spacial score (nSPS) is 18.2. The van der Waals surface area contributed by atoms with E-state index in [2.05, 4.69) is 17.5 Å². The van der Waals surface area contributed by atoms with Crippen molar-refractivity contribution in [3.63, 3.8) is 0 Å². The lowest BCUT2D eigenvalue weighted by Crippen LogP contribution is -2.29. The zero-order chi connectivity index (χ0) is 16.5. The standard InChI is InChI=1S/C21H19NO2/c23-20-18-9-5-4-8-16(18)17-11-10-15(12-19(17)20)21(24)22-13-14-6-2-1-3-7-14/h1-2,4-5,8-12,14H,3,6-7,13H2,(H,22,24). The van der Waals surface area contributed by atoms with Crippen LogP contribution in [0.1, 0.15) is 45.5 Å². The quantitative estimate of drug-likeness (QED) is 0.743. The number of hydrogen-bond donors (Lipinski definition) is 1. The zero-order valence-electron chi connectivity index (χ0n) is 13.4. The van der Waals surface area contributed by atoms with Crippen molar-refractivity contribution in [2.24, 2.45) is 5.92 Å². The van der Waals surface area contributed by atoms with Gasteiger partial charge in [0.05, 0.1) is 0 Å². The predicted molar refractivity (Wildman–Crippen MR) is 94.1 cm³/mol. The molecule has 0 saturated carbocycles. The fourth-order valence-electron chi connectivity index (χ4n) is 3.55. The lowest BCUT2D eigenvalue weighted by molar-refractivity contribution is 0.0946. The van der Waals surface area contributed by atoms with E-state index in [1.807, 2.05) is 36.4 Å². The molecule has 0 radical (unpaired) electrons. The number of ketones is 1. The molecule has 0 fully saturated rings. The number of carbonyl (C=O) groups excluding carboxylic acids is 2. The molecule has 1 unspecified atom stereocenters. The summed E-state index contributed by atoms with van der Waals surface area (Å²) in [5.41, 5.74) is 3.78. The third kappa shape index (κ3) is 2.56. The summed E-state index contributed by atoms with van der Waals surface area (Å²) in [6.45, 7) is 0.689. The third-order valence-electron chi connectivity index (χ3n) is 4.92. The Morgan fingerprint density at radius 1 is 1.00 bits per heavy atom. The van der Waals surface area contributed by atoms with Crippen LogP contribution in [-0.2, 0) is 0 Å². The molecule has 2 aliphatic carbocycles. The van der Waals surface area contributed by atoms with Crippen molar-refractivity contribution in [2.75, 3.05) is 6.54 Å². The first-order valence-electron chi connectivity index (χ1n) is 8.45. The van der Waals surface area contributed by atoms with Crippen LogP contribution in [-0.4, -0.2) is 18.2 Å². The maximum absolute atomic E-state index is 12.5. The summed E-state index contributed by atoms with van der Waals surface area (Å²) in [7, 11) is 0. The summed E-state index contributed by atoms with van der Waals surface area (Å²) in [5, 5.41) is 3.01. The maximum atomic E-state index is 12.5. The Morgan fingerprint density at radius 3 is 2.58 bits per heavy atom. The number of nitrogens with one attached hydrogen (secondary N) is 1. The number of hydrogen-bond acceptors (Lipinski definition) is 2. The van der Waals surface area contributed by atoms with Crippen LogP contribution in [0.2, 0.25) is 0 Å². The first kappa shape index (κ1) is 14.9. The van der Waals surface area contributed by atoms with Crippen molar-refractivity contribution >= 4 is 11.7 Å². The lowest BCUT2D eigenvalue weighted by Gasteiger charge is -2.18. The van der Waals surface area contributed by atoms with Crippen LogP contribution in [0.15, 0.2) is 54.6 Å². The van der Waals surface area contributed by atoms with E-state index < -0.39 is 0 Å². The Bertz CT molecular complexity index is 851. The molecule has 4 rings (SSSR count). The summed E-state index contributed by atoms with van der Waals surface area (Å²) >= 11 is 0. The molecule has 3 nitrogen and oxygen atoms in total. The molecule has 2 aliphatic rings. The molecule has 0 heterocycles. The van der Waals surface area contributed by atoms with E-state index >= 15 is 0 Å². The average Bonchev–Trinajstić information content (AvgIpc) is 2.93. The Balaban J connectivity index is 1.53. The minimum Gasteiger partial charge on any atom is -0.352 e. The van der Waals surface area contributed by atoms with Gasteiger partial charge in [0.25, 0.3) is 5.91 Å². The van der Waals surface area contributed by atoms with Gasteiger partial charge in [-0.05, 0) is 48.4 Å². The van der Waals surface area contributed by atoms with E-state index in [0.29, 0.717) is 23.6 Å². The van der Waals surface area contributed by atoms with E-state index in [9.17, 15) is 9.59 Å². The van der Waals surface area contributed by atoms with Gasteiger partial charge in [0.15, 0.2) is 5.78 Å². The largest absolute Gasteiger partial charge is 0.352 e. The van der Waals surface area contributed by atoms with Gasteiger partial charge >= 0.3 is 0 Å². The van der Waals surface area contributed by atoms with Crippen LogP contribution < -0.4 is 5.32 Å². The minimum absolute atomic E-state index is 0.00710. The Labute approximate surface area is 141 Å². The summed E-state index contributed by atoms with van der Waals surface area (Å²) < 4.78 is 0. The highest BCUT2D eigenvalue weighted by atomic mass is 16.1. The van der Waals surface area contributed by atoms with Crippen LogP contribution >= 0.6 is 0 Å². The molecule has 2 aromatic carbocycles. The Hall–Kier alpha value is -2.68. The fraction of sp³-hybridized carbons (Fsp3) is 0.238. The van der Waals surface area contributed by atoms with E-state index in [4.69, 9.17) is 0 Å². The monoisotopic (exact) mass is 317 g/mol. The highest BCUT2D eigenvalue weighted by Gasteiger charge is 2.27. The number of fused-ring (bicyclic) bond motifs is 3. The fourth-order valence-corrected chi connectivity index (χ4v) is 3.55. The van der Waals surface area contributed by atoms with Gasteiger partial charge in [-0.3, -0.25) is 9.59 Å². The van der Waals surface area contributed by atoms with E-state index in [1.165, 1.54) is 0 Å². The summed E-state index contributed by atoms with van der Waals surface area (Å²) in [4.78, 5) is 25.0. The molecule has 0 spiro atoms. The molecular formula is C21H19NO2. The van der Waals surface area contributed by atoms with Crippen LogP contribution in [0.25, 0.3) is 11.1 Å². The van der Waals surface area contributed by atoms with Gasteiger partial charge in [0, 0.05) is 23.2 Å². The molecule has 24 heavy (non-hydrogen) atoms. The molecular weight excluding hydrogens is 298 g/mol. The van der Waals surface area contributed by atoms with E-state index in [0.717, 1.165) is 36.0 Å². The first-order chi connectivity index (χ1) is 11.7. The van der Waals surface area contributed by atoms with Crippen molar-refractivity contribution in [1.82, 2.24) is 5.32 Å². The van der Waals surface area contributed by atoms with Crippen molar-refractivity contribution in [3.05, 3.63) is 71.3 Å². The molecule has 120 valence electrons. The molecule has 0 aliphatic heterocycles. The SMILES string of the molecule is O=C(NCC1CC=CCC1)c1ccc2c(c1)C(=O)c1ccccc1-2. The third-order valence-corrected chi connectivity index (χ3v) is 4.92. The minimum atomic E-state index is -0.101. The second-order valence-electron chi connectivity index (χ2n) is 6.50. The van der Waals surface area contributed by atoms with Gasteiger partial charge in [-0.15, -0.1) is 0 Å². The zero-order valence-corrected chi connectivity index (χ0v) is 13.4. The van der Waals surface area contributed by atoms with Crippen LogP contribution in [0, 0.1) is 5.92 Å². The number of allylic oxidation sites excluding steroid dienone is 2. The van der Waals surface area contributed by atoms with E-state index in [1.54, 1.807) is 6.07 Å². The molecule has 3 heteroatoms. The van der Waals surface area contributed by atoms with Crippen LogP contribution in [0.5, 0.6) is 0 Å². The molecule has 1 N–H and O–H groups in total. The topological polar surface area (TPSA) is 46.2 Å². The number of amides is 1. The molecule has 1 amide bonds. The predicted octanol–water partition coefficient (Wildman–Crippen LogP) is 3.98. The number of rotatable bonds is 3. The van der Waals surface area contributed by atoms with Crippen LogP contribution in [0.3, 0.4) is 0 Å². The molecule has 0 aromatic heterocycles. The Morgan fingerprint density at radius 2 is 1.79 bits per heavy atom. The number of benzene rings is 2. The molecule has 0 bridgehead atoms. The second kappa shape index (κ2) is 6.08. The van der Waals surface area contributed by atoms with Gasteiger partial charge in [0.2, 0.25) is 0 Å². The van der Waals surface area contributed by atoms with Gasteiger partial charge in [-0.25, -0.2) is 0 Å². The van der Waals surface area contributed by atoms with Crippen molar-refractivity contribution < 1.29 is 9.59 Å². The summed E-state index contributed by atoms with van der Waals surface area (Å²) in [5.74, 6) is 0.419. The molecule has 2 aromatic rings. The highest BCUT2D eigenvalue weighted by Crippen LogP contribution is 2.36.